The molecule has 1 aliphatic rings. The third-order valence-electron chi connectivity index (χ3n) is 5.83. The molecule has 2 atom stereocenters. The van der Waals surface area contributed by atoms with E-state index in [0.29, 0.717) is 29.9 Å². The van der Waals surface area contributed by atoms with Crippen molar-refractivity contribution in [3.63, 3.8) is 0 Å². The summed E-state index contributed by atoms with van der Waals surface area (Å²) in [7, 11) is 0. The van der Waals surface area contributed by atoms with E-state index in [1.807, 2.05) is 42.5 Å². The fourth-order valence-electron chi connectivity index (χ4n) is 4.09. The third kappa shape index (κ3) is 6.28. The van der Waals surface area contributed by atoms with Crippen LogP contribution in [0.2, 0.25) is 0 Å². The quantitative estimate of drug-likeness (QED) is 0.130. The summed E-state index contributed by atoms with van der Waals surface area (Å²) in [5, 5.41) is 4.72. The normalized spacial score (nSPS) is 15.6. The molecule has 1 aromatic heterocycles. The number of ketones is 1. The molecule has 196 valence electrons. The second-order valence-electron chi connectivity index (χ2n) is 8.50. The Morgan fingerprint density at radius 1 is 1.11 bits per heavy atom. The molecule has 1 aliphatic heterocycles. The molecule has 7 N–H and O–H groups in total. The fourth-order valence-corrected chi connectivity index (χ4v) is 4.72. The van der Waals surface area contributed by atoms with Gasteiger partial charge in [-0.15, -0.1) is 11.3 Å². The maximum atomic E-state index is 13.3. The van der Waals surface area contributed by atoms with E-state index in [2.05, 4.69) is 20.3 Å². The lowest BCUT2D eigenvalue weighted by Crippen LogP contribution is -2.50. The number of carbonyl (C=O) groups excluding carboxylic acids is 3. The van der Waals surface area contributed by atoms with E-state index in [-0.39, 0.29) is 29.7 Å². The molecule has 3 aromatic rings. The van der Waals surface area contributed by atoms with Crippen molar-refractivity contribution < 1.29 is 14.4 Å². The lowest BCUT2D eigenvalue weighted by atomic mass is 10.0. The summed E-state index contributed by atoms with van der Waals surface area (Å²) in [5.74, 6) is -1.44. The van der Waals surface area contributed by atoms with Crippen LogP contribution in [0.25, 0.3) is 0 Å². The molecule has 0 saturated heterocycles. The van der Waals surface area contributed by atoms with Gasteiger partial charge in [-0.3, -0.25) is 29.3 Å². The minimum atomic E-state index is -1.21. The molecular weight excluding hydrogens is 504 g/mol. The number of guanidine groups is 1. The molecule has 2 heterocycles. The summed E-state index contributed by atoms with van der Waals surface area (Å²) < 4.78 is 0. The Balaban J connectivity index is 1.57. The van der Waals surface area contributed by atoms with Gasteiger partial charge in [0, 0.05) is 29.2 Å². The standard InChI is InChI=1S/C26H28N8O3S/c27-23-25(37)34(19-11-5-4-9-17(19)21(33-23)16-7-2-1-3-8-16)15-20(35)32-18(10-6-12-31-26(28)29)22(36)24-30-13-14-38-24/h1-5,7-9,11,13-14,18,23H,6,10,12,15,27H2,(H,32,35)(H4,28,29,31)/t18-,23?/m1/s1. The van der Waals surface area contributed by atoms with Gasteiger partial charge in [-0.05, 0) is 18.9 Å². The number of hydrogen-bond acceptors (Lipinski definition) is 8. The zero-order valence-electron chi connectivity index (χ0n) is 20.5. The van der Waals surface area contributed by atoms with Crippen molar-refractivity contribution in [2.75, 3.05) is 18.0 Å². The number of benzodiazepines with no additional fused rings is 1. The molecule has 4 rings (SSSR count). The topological polar surface area (TPSA) is 182 Å². The Labute approximate surface area is 223 Å². The van der Waals surface area contributed by atoms with Crippen LogP contribution in [0.3, 0.4) is 0 Å². The Bertz CT molecular complexity index is 1350. The Hall–Kier alpha value is -4.42. The molecular formula is C26H28N8O3S. The van der Waals surface area contributed by atoms with E-state index in [1.54, 1.807) is 17.5 Å². The van der Waals surface area contributed by atoms with Crippen LogP contribution >= 0.6 is 11.3 Å². The highest BCUT2D eigenvalue weighted by molar-refractivity contribution is 7.11. The molecule has 0 radical (unpaired) electrons. The van der Waals surface area contributed by atoms with Gasteiger partial charge >= 0.3 is 0 Å². The first kappa shape index (κ1) is 26.6. The summed E-state index contributed by atoms with van der Waals surface area (Å²) >= 11 is 1.18. The van der Waals surface area contributed by atoms with Gasteiger partial charge < -0.3 is 22.5 Å². The monoisotopic (exact) mass is 532 g/mol. The SMILES string of the molecule is NC(N)=NCCC[C@@H](NC(=O)CN1C(=O)C(N)N=C(c2ccccc2)c2ccccc21)C(=O)c1nccs1. The summed E-state index contributed by atoms with van der Waals surface area (Å²) in [6.07, 6.45) is 1.05. The number of anilines is 1. The van der Waals surface area contributed by atoms with Crippen molar-refractivity contribution in [1.82, 2.24) is 10.3 Å². The minimum absolute atomic E-state index is 0.0522. The number of aliphatic imine (C=N–C) groups is 2. The Kier molecular flexibility index (Phi) is 8.56. The van der Waals surface area contributed by atoms with Crippen LogP contribution in [0.5, 0.6) is 0 Å². The molecule has 0 aliphatic carbocycles. The first-order chi connectivity index (χ1) is 18.3. The summed E-state index contributed by atoms with van der Waals surface area (Å²) in [6.45, 7) is -0.0526. The van der Waals surface area contributed by atoms with E-state index in [9.17, 15) is 14.4 Å². The van der Waals surface area contributed by atoms with Crippen molar-refractivity contribution in [2.45, 2.75) is 25.0 Å². The number of fused-ring (bicyclic) bond motifs is 1. The van der Waals surface area contributed by atoms with Crippen molar-refractivity contribution in [3.8, 4) is 0 Å². The van der Waals surface area contributed by atoms with Gasteiger partial charge in [0.1, 0.15) is 6.54 Å². The van der Waals surface area contributed by atoms with Crippen LogP contribution in [-0.4, -0.2) is 59.5 Å². The number of thiazole rings is 1. The van der Waals surface area contributed by atoms with Crippen molar-refractivity contribution in [1.29, 1.82) is 0 Å². The number of amides is 2. The highest BCUT2D eigenvalue weighted by atomic mass is 32.1. The van der Waals surface area contributed by atoms with E-state index in [1.165, 1.54) is 22.4 Å². The van der Waals surface area contributed by atoms with Crippen LogP contribution < -0.4 is 27.4 Å². The number of para-hydroxylation sites is 1. The minimum Gasteiger partial charge on any atom is -0.370 e. The van der Waals surface area contributed by atoms with Crippen LogP contribution in [0.4, 0.5) is 5.69 Å². The predicted octanol–water partition coefficient (Wildman–Crippen LogP) is 1.03. The maximum Gasteiger partial charge on any atom is 0.266 e. The van der Waals surface area contributed by atoms with Gasteiger partial charge in [-0.2, -0.15) is 0 Å². The molecule has 0 spiro atoms. The van der Waals surface area contributed by atoms with Crippen molar-refractivity contribution >= 4 is 46.3 Å². The molecule has 0 bridgehead atoms. The molecule has 0 saturated carbocycles. The van der Waals surface area contributed by atoms with Crippen LogP contribution in [0.1, 0.15) is 33.8 Å². The van der Waals surface area contributed by atoms with E-state index in [0.717, 1.165) is 5.56 Å². The van der Waals surface area contributed by atoms with Gasteiger partial charge in [-0.25, -0.2) is 4.98 Å². The molecule has 12 heteroatoms. The van der Waals surface area contributed by atoms with Gasteiger partial charge in [0.2, 0.25) is 11.7 Å². The molecule has 2 aromatic carbocycles. The zero-order valence-corrected chi connectivity index (χ0v) is 21.3. The highest BCUT2D eigenvalue weighted by Gasteiger charge is 2.32. The molecule has 38 heavy (non-hydrogen) atoms. The number of hydrogen-bond donors (Lipinski definition) is 4. The number of rotatable bonds is 10. The maximum absolute atomic E-state index is 13.3. The number of carbonyl (C=O) groups is 3. The van der Waals surface area contributed by atoms with Crippen LogP contribution in [0.15, 0.2) is 76.2 Å². The van der Waals surface area contributed by atoms with Crippen molar-refractivity contribution in [2.24, 2.45) is 27.2 Å². The third-order valence-corrected chi connectivity index (χ3v) is 6.61. The van der Waals surface area contributed by atoms with E-state index >= 15 is 0 Å². The highest BCUT2D eigenvalue weighted by Crippen LogP contribution is 2.27. The number of aromatic nitrogens is 1. The van der Waals surface area contributed by atoms with E-state index < -0.39 is 24.0 Å². The Morgan fingerprint density at radius 2 is 1.84 bits per heavy atom. The number of Topliss-reactive ketones (excluding diaryl/α,β-unsaturated/α-hetero) is 1. The van der Waals surface area contributed by atoms with Gasteiger partial charge in [0.25, 0.3) is 5.91 Å². The zero-order chi connectivity index (χ0) is 27.1. The van der Waals surface area contributed by atoms with Gasteiger partial charge in [0.05, 0.1) is 17.4 Å². The molecule has 0 fully saturated rings. The number of nitrogens with two attached hydrogens (primary N) is 3. The second-order valence-corrected chi connectivity index (χ2v) is 9.40. The average molecular weight is 533 g/mol. The Morgan fingerprint density at radius 3 is 2.55 bits per heavy atom. The molecule has 2 amide bonds. The summed E-state index contributed by atoms with van der Waals surface area (Å²) in [6, 6.07) is 15.7. The van der Waals surface area contributed by atoms with Crippen molar-refractivity contribution in [3.05, 3.63) is 82.3 Å². The number of benzene rings is 2. The van der Waals surface area contributed by atoms with Gasteiger partial charge in [-0.1, -0.05) is 48.5 Å². The lowest BCUT2D eigenvalue weighted by molar-refractivity contribution is -0.124. The molecule has 11 nitrogen and oxygen atoms in total. The van der Waals surface area contributed by atoms with Crippen LogP contribution in [-0.2, 0) is 9.59 Å². The second kappa shape index (κ2) is 12.2. The van der Waals surface area contributed by atoms with Gasteiger partial charge in [0.15, 0.2) is 17.1 Å². The number of nitrogens with zero attached hydrogens (tertiary/aromatic N) is 4. The number of nitrogens with one attached hydrogen (secondary N) is 1. The predicted molar refractivity (Wildman–Crippen MR) is 147 cm³/mol. The van der Waals surface area contributed by atoms with Crippen LogP contribution in [0, 0.1) is 0 Å². The fraction of sp³-hybridized carbons (Fsp3) is 0.231. The first-order valence-corrected chi connectivity index (χ1v) is 12.8. The summed E-state index contributed by atoms with van der Waals surface area (Å²) in [5.41, 5.74) is 19.4. The lowest BCUT2D eigenvalue weighted by Gasteiger charge is -2.25. The first-order valence-electron chi connectivity index (χ1n) is 11.9. The molecule has 1 unspecified atom stereocenters. The van der Waals surface area contributed by atoms with E-state index in [4.69, 9.17) is 17.2 Å². The largest absolute Gasteiger partial charge is 0.370 e. The average Bonchev–Trinajstić information content (AvgIpc) is 3.44. The smallest absolute Gasteiger partial charge is 0.266 e. The summed E-state index contributed by atoms with van der Waals surface area (Å²) in [4.78, 5) is 53.4.